The van der Waals surface area contributed by atoms with E-state index in [2.05, 4.69) is 9.47 Å². The van der Waals surface area contributed by atoms with Gasteiger partial charge in [-0.25, -0.2) is 13.5 Å². The summed E-state index contributed by atoms with van der Waals surface area (Å²) < 4.78 is 76.9. The molecule has 0 aliphatic carbocycles. The molecule has 0 aromatic carbocycles. The summed E-state index contributed by atoms with van der Waals surface area (Å²) in [5, 5.41) is 0. The van der Waals surface area contributed by atoms with Crippen LogP contribution in [0, 0.1) is 0 Å². The van der Waals surface area contributed by atoms with Gasteiger partial charge in [0.15, 0.2) is 0 Å². The summed E-state index contributed by atoms with van der Waals surface area (Å²) in [7, 11) is 0. The average Bonchev–Trinajstić information content (AvgIpc) is 1.82. The van der Waals surface area contributed by atoms with Gasteiger partial charge in [0.1, 0.15) is 0 Å². The highest BCUT2D eigenvalue weighted by molar-refractivity contribution is 4.71. The molecule has 0 amide bonds. The number of ether oxygens (including phenoxy) is 2. The predicted molar refractivity (Wildman–Crippen MR) is 21.9 cm³/mol. The molecule has 1 heterocycles. The third-order valence-electron chi connectivity index (χ3n) is 1.04. The molecule has 8 heteroatoms. The lowest BCUT2D eigenvalue weighted by atomic mass is 10.5. The molecule has 0 radical (unpaired) electrons. The van der Waals surface area contributed by atoms with E-state index in [1.165, 1.54) is 0 Å². The van der Waals surface area contributed by atoms with Gasteiger partial charge in [-0.2, -0.15) is 17.6 Å². The van der Waals surface area contributed by atoms with Crippen molar-refractivity contribution < 1.29 is 35.8 Å². The lowest BCUT2D eigenvalue weighted by Crippen LogP contribution is -2.54. The molecule has 2 atom stereocenters. The Labute approximate surface area is 62.0 Å². The Morgan fingerprint density at radius 1 is 0.833 bits per heavy atom. The van der Waals surface area contributed by atoms with Crippen molar-refractivity contribution in [3.63, 3.8) is 0 Å². The number of hydrogen-bond donors (Lipinski definition) is 0. The van der Waals surface area contributed by atoms with E-state index in [0.717, 1.165) is 0 Å². The zero-order valence-corrected chi connectivity index (χ0v) is 5.24. The van der Waals surface area contributed by atoms with Crippen LogP contribution in [-0.2, 0) is 9.47 Å². The lowest BCUT2D eigenvalue weighted by molar-refractivity contribution is -0.503. The molecule has 2 nitrogen and oxygen atoms in total. The Bertz CT molecular complexity index is 164. The van der Waals surface area contributed by atoms with Crippen LogP contribution in [0.3, 0.4) is 0 Å². The summed E-state index contributed by atoms with van der Waals surface area (Å²) in [5.41, 5.74) is 0. The Morgan fingerprint density at radius 3 is 1.42 bits per heavy atom. The Morgan fingerprint density at radius 2 is 1.17 bits per heavy atom. The summed E-state index contributed by atoms with van der Waals surface area (Å²) in [6.45, 7) is 0. The molecular weight excluding hydrogens is 194 g/mol. The maximum Gasteiger partial charge on any atom is 0.416 e. The van der Waals surface area contributed by atoms with E-state index in [9.17, 15) is 26.3 Å². The minimum Gasteiger partial charge on any atom is -0.299 e. The SMILES string of the molecule is FC1OC(F)C(F)(F)OC1(F)F. The molecule has 2 unspecified atom stereocenters. The molecule has 0 aromatic heterocycles. The summed E-state index contributed by atoms with van der Waals surface area (Å²) in [4.78, 5) is 0. The number of halogens is 6. The summed E-state index contributed by atoms with van der Waals surface area (Å²) in [5.74, 6) is 0. The number of alkyl halides is 6. The summed E-state index contributed by atoms with van der Waals surface area (Å²) in [6.07, 6.45) is -16.7. The van der Waals surface area contributed by atoms with Crippen molar-refractivity contribution in [1.82, 2.24) is 0 Å². The van der Waals surface area contributed by atoms with Crippen LogP contribution in [0.15, 0.2) is 0 Å². The standard InChI is InChI=1S/C4H2F6O2/c5-1-3(7,8)12-4(9,10)2(6)11-1/h1-2H. The fourth-order valence-corrected chi connectivity index (χ4v) is 0.537. The zero-order valence-electron chi connectivity index (χ0n) is 5.24. The highest BCUT2D eigenvalue weighted by atomic mass is 19.3. The predicted octanol–water partition coefficient (Wildman–Crippen LogP) is 1.81. The average molecular weight is 196 g/mol. The second kappa shape index (κ2) is 2.49. The second-order valence-electron chi connectivity index (χ2n) is 1.99. The third kappa shape index (κ3) is 1.48. The van der Waals surface area contributed by atoms with Crippen LogP contribution >= 0.6 is 0 Å². The van der Waals surface area contributed by atoms with E-state index in [1.54, 1.807) is 0 Å². The van der Waals surface area contributed by atoms with Crippen LogP contribution < -0.4 is 0 Å². The molecule has 0 saturated carbocycles. The highest BCUT2D eigenvalue weighted by Gasteiger charge is 2.62. The minimum atomic E-state index is -4.83. The zero-order chi connectivity index (χ0) is 9.57. The van der Waals surface area contributed by atoms with Crippen LogP contribution in [0.4, 0.5) is 26.3 Å². The smallest absolute Gasteiger partial charge is 0.299 e. The van der Waals surface area contributed by atoms with Crippen molar-refractivity contribution in [3.05, 3.63) is 0 Å². The normalized spacial score (nSPS) is 39.5. The van der Waals surface area contributed by atoms with Crippen LogP contribution in [0.5, 0.6) is 0 Å². The first-order valence-corrected chi connectivity index (χ1v) is 2.65. The quantitative estimate of drug-likeness (QED) is 0.550. The van der Waals surface area contributed by atoms with Crippen molar-refractivity contribution in [2.24, 2.45) is 0 Å². The molecule has 1 rings (SSSR count). The van der Waals surface area contributed by atoms with Crippen molar-refractivity contribution in [3.8, 4) is 0 Å². The number of rotatable bonds is 0. The van der Waals surface area contributed by atoms with E-state index in [1.807, 2.05) is 0 Å². The summed E-state index contributed by atoms with van der Waals surface area (Å²) in [6, 6.07) is 0. The van der Waals surface area contributed by atoms with Gasteiger partial charge in [0.25, 0.3) is 12.7 Å². The fourth-order valence-electron chi connectivity index (χ4n) is 0.537. The van der Waals surface area contributed by atoms with E-state index < -0.39 is 24.9 Å². The van der Waals surface area contributed by atoms with Crippen LogP contribution in [0.2, 0.25) is 0 Å². The first kappa shape index (κ1) is 9.59. The molecule has 0 N–H and O–H groups in total. The lowest BCUT2D eigenvalue weighted by Gasteiger charge is -2.33. The fraction of sp³-hybridized carbons (Fsp3) is 1.00. The van der Waals surface area contributed by atoms with Gasteiger partial charge < -0.3 is 0 Å². The van der Waals surface area contributed by atoms with Gasteiger partial charge in [0.05, 0.1) is 0 Å². The van der Waals surface area contributed by atoms with Gasteiger partial charge in [0.2, 0.25) is 0 Å². The monoisotopic (exact) mass is 196 g/mol. The van der Waals surface area contributed by atoms with Gasteiger partial charge in [-0.05, 0) is 0 Å². The van der Waals surface area contributed by atoms with Gasteiger partial charge in [0, 0.05) is 0 Å². The van der Waals surface area contributed by atoms with Crippen molar-refractivity contribution in [2.45, 2.75) is 24.9 Å². The van der Waals surface area contributed by atoms with Crippen LogP contribution in [0.1, 0.15) is 0 Å². The molecule has 1 saturated heterocycles. The van der Waals surface area contributed by atoms with E-state index >= 15 is 0 Å². The van der Waals surface area contributed by atoms with E-state index in [0.29, 0.717) is 0 Å². The van der Waals surface area contributed by atoms with Crippen LogP contribution in [0.25, 0.3) is 0 Å². The van der Waals surface area contributed by atoms with Crippen molar-refractivity contribution in [1.29, 1.82) is 0 Å². The molecule has 12 heavy (non-hydrogen) atoms. The topological polar surface area (TPSA) is 18.5 Å². The highest BCUT2D eigenvalue weighted by Crippen LogP contribution is 2.40. The third-order valence-corrected chi connectivity index (χ3v) is 1.04. The maximum absolute atomic E-state index is 11.9. The van der Waals surface area contributed by atoms with E-state index in [4.69, 9.17) is 0 Å². The molecule has 72 valence electrons. The first-order valence-electron chi connectivity index (χ1n) is 2.65. The van der Waals surface area contributed by atoms with Gasteiger partial charge in [-0.15, -0.1) is 0 Å². The van der Waals surface area contributed by atoms with Gasteiger partial charge in [-0.3, -0.25) is 4.74 Å². The molecular formula is C4H2F6O2. The van der Waals surface area contributed by atoms with E-state index in [-0.39, 0.29) is 0 Å². The Kier molecular flexibility index (Phi) is 1.99. The Balaban J connectivity index is 2.78. The Hall–Kier alpha value is -0.500. The molecule has 0 aromatic rings. The molecule has 0 bridgehead atoms. The molecule has 1 fully saturated rings. The second-order valence-corrected chi connectivity index (χ2v) is 1.99. The number of hydrogen-bond acceptors (Lipinski definition) is 2. The van der Waals surface area contributed by atoms with Crippen LogP contribution in [-0.4, -0.2) is 24.9 Å². The molecule has 1 aliphatic heterocycles. The van der Waals surface area contributed by atoms with Gasteiger partial charge in [-0.1, -0.05) is 0 Å². The molecule has 1 aliphatic rings. The summed E-state index contributed by atoms with van der Waals surface area (Å²) >= 11 is 0. The maximum atomic E-state index is 11.9. The largest absolute Gasteiger partial charge is 0.416 e. The van der Waals surface area contributed by atoms with Gasteiger partial charge >= 0.3 is 12.2 Å². The molecule has 0 spiro atoms. The van der Waals surface area contributed by atoms with Crippen molar-refractivity contribution >= 4 is 0 Å². The minimum absolute atomic E-state index is 2.54. The first-order chi connectivity index (χ1) is 5.26. The van der Waals surface area contributed by atoms with Crippen molar-refractivity contribution in [2.75, 3.05) is 0 Å².